The number of nitrogens with two attached hydrogens (primary N) is 1. The normalized spacial score (nSPS) is 9.91. The van der Waals surface area contributed by atoms with E-state index in [-0.39, 0.29) is 0 Å². The summed E-state index contributed by atoms with van der Waals surface area (Å²) in [5.74, 6) is 0. The van der Waals surface area contributed by atoms with Crippen molar-refractivity contribution in [2.75, 3.05) is 26.4 Å². The van der Waals surface area contributed by atoms with E-state index in [0.717, 1.165) is 6.61 Å². The highest BCUT2D eigenvalue weighted by atomic mass is 32.1. The summed E-state index contributed by atoms with van der Waals surface area (Å²) in [6.07, 6.45) is 0.654. The van der Waals surface area contributed by atoms with E-state index < -0.39 is 0 Å². The molecule has 0 aromatic rings. The quantitative estimate of drug-likeness (QED) is 0.459. The van der Waals surface area contributed by atoms with Crippen LogP contribution in [0.1, 0.15) is 13.3 Å². The number of hydrogen-bond acceptors (Lipinski definition) is 3. The SMILES string of the molecule is CCOCCOCCC(N)=S. The second kappa shape index (κ2) is 7.91. The van der Waals surface area contributed by atoms with Crippen molar-refractivity contribution < 1.29 is 9.47 Å². The van der Waals surface area contributed by atoms with Crippen LogP contribution in [0.4, 0.5) is 0 Å². The van der Waals surface area contributed by atoms with Gasteiger partial charge in [-0.3, -0.25) is 0 Å². The summed E-state index contributed by atoms with van der Waals surface area (Å²) in [7, 11) is 0. The molecule has 0 saturated carbocycles. The molecule has 0 heterocycles. The third kappa shape index (κ3) is 9.81. The first-order chi connectivity index (χ1) is 5.27. The van der Waals surface area contributed by atoms with Crippen molar-refractivity contribution >= 4 is 17.2 Å². The van der Waals surface area contributed by atoms with E-state index in [1.54, 1.807) is 0 Å². The van der Waals surface area contributed by atoms with Gasteiger partial charge >= 0.3 is 0 Å². The van der Waals surface area contributed by atoms with E-state index in [9.17, 15) is 0 Å². The maximum Gasteiger partial charge on any atom is 0.0750 e. The first-order valence-electron chi connectivity index (χ1n) is 3.71. The lowest BCUT2D eigenvalue weighted by Crippen LogP contribution is -2.12. The van der Waals surface area contributed by atoms with Crippen molar-refractivity contribution in [3.05, 3.63) is 0 Å². The van der Waals surface area contributed by atoms with Gasteiger partial charge in [0.05, 0.1) is 24.8 Å². The summed E-state index contributed by atoms with van der Waals surface area (Å²) in [6, 6.07) is 0. The minimum Gasteiger partial charge on any atom is -0.393 e. The zero-order valence-corrected chi connectivity index (χ0v) is 7.65. The highest BCUT2D eigenvalue weighted by Gasteiger charge is 1.90. The third-order valence-electron chi connectivity index (χ3n) is 1.07. The lowest BCUT2D eigenvalue weighted by atomic mass is 10.5. The highest BCUT2D eigenvalue weighted by Crippen LogP contribution is 1.83. The highest BCUT2D eigenvalue weighted by molar-refractivity contribution is 7.80. The first kappa shape index (κ1) is 10.8. The minimum atomic E-state index is 0.501. The predicted octanol–water partition coefficient (Wildman–Crippen LogP) is 0.716. The summed E-state index contributed by atoms with van der Waals surface area (Å²) in [5.41, 5.74) is 5.25. The largest absolute Gasteiger partial charge is 0.393 e. The lowest BCUT2D eigenvalue weighted by molar-refractivity contribution is 0.0558. The van der Waals surface area contributed by atoms with Crippen molar-refractivity contribution in [2.24, 2.45) is 5.73 Å². The van der Waals surface area contributed by atoms with Gasteiger partial charge in [-0.1, -0.05) is 12.2 Å². The second-order valence-corrected chi connectivity index (χ2v) is 2.55. The smallest absolute Gasteiger partial charge is 0.0750 e. The molecule has 0 aromatic heterocycles. The molecule has 0 saturated heterocycles. The number of hydrogen-bond donors (Lipinski definition) is 1. The van der Waals surface area contributed by atoms with Gasteiger partial charge in [0, 0.05) is 13.0 Å². The lowest BCUT2D eigenvalue weighted by Gasteiger charge is -2.02. The fourth-order valence-corrected chi connectivity index (χ4v) is 0.620. The van der Waals surface area contributed by atoms with Gasteiger partial charge < -0.3 is 15.2 Å². The number of rotatable bonds is 7. The molecule has 0 unspecified atom stereocenters. The van der Waals surface area contributed by atoms with Crippen LogP contribution in [0.2, 0.25) is 0 Å². The monoisotopic (exact) mass is 177 g/mol. The van der Waals surface area contributed by atoms with Crippen LogP contribution in [-0.2, 0) is 9.47 Å². The van der Waals surface area contributed by atoms with E-state index in [1.165, 1.54) is 0 Å². The van der Waals surface area contributed by atoms with E-state index in [0.29, 0.717) is 31.2 Å². The summed E-state index contributed by atoms with van der Waals surface area (Å²) in [6.45, 7) is 4.56. The van der Waals surface area contributed by atoms with E-state index in [2.05, 4.69) is 12.2 Å². The zero-order valence-electron chi connectivity index (χ0n) is 6.84. The van der Waals surface area contributed by atoms with Gasteiger partial charge in [0.15, 0.2) is 0 Å². The summed E-state index contributed by atoms with van der Waals surface area (Å²) in [4.78, 5) is 0.501. The molecule has 0 aromatic carbocycles. The molecule has 3 nitrogen and oxygen atoms in total. The molecule has 0 bridgehead atoms. The van der Waals surface area contributed by atoms with Crippen molar-refractivity contribution in [3.8, 4) is 0 Å². The van der Waals surface area contributed by atoms with Gasteiger partial charge in [0.2, 0.25) is 0 Å². The molecule has 0 atom stereocenters. The maximum absolute atomic E-state index is 5.25. The standard InChI is InChI=1S/C7H15NO2S/c1-2-9-5-6-10-4-3-7(8)11/h2-6H2,1H3,(H2,8,11). The van der Waals surface area contributed by atoms with Crippen LogP contribution in [0.25, 0.3) is 0 Å². The Morgan fingerprint density at radius 3 is 2.45 bits per heavy atom. The topological polar surface area (TPSA) is 44.5 Å². The Labute approximate surface area is 72.9 Å². The number of ether oxygens (including phenoxy) is 2. The van der Waals surface area contributed by atoms with Crippen LogP contribution in [0, 0.1) is 0 Å². The average Bonchev–Trinajstić information content (AvgIpc) is 1.96. The van der Waals surface area contributed by atoms with Crippen LogP contribution in [0.5, 0.6) is 0 Å². The Balaban J connectivity index is 2.85. The summed E-state index contributed by atoms with van der Waals surface area (Å²) < 4.78 is 10.2. The van der Waals surface area contributed by atoms with E-state index >= 15 is 0 Å². The van der Waals surface area contributed by atoms with Crippen LogP contribution in [0.15, 0.2) is 0 Å². The van der Waals surface area contributed by atoms with Gasteiger partial charge in [0.1, 0.15) is 0 Å². The fourth-order valence-electron chi connectivity index (χ4n) is 0.537. The molecule has 0 aliphatic heterocycles. The average molecular weight is 177 g/mol. The molecule has 0 fully saturated rings. The molecular formula is C7H15NO2S. The van der Waals surface area contributed by atoms with E-state index in [4.69, 9.17) is 15.2 Å². The zero-order chi connectivity index (χ0) is 8.53. The molecule has 0 aliphatic carbocycles. The van der Waals surface area contributed by atoms with Crippen molar-refractivity contribution in [2.45, 2.75) is 13.3 Å². The van der Waals surface area contributed by atoms with Crippen molar-refractivity contribution in [3.63, 3.8) is 0 Å². The van der Waals surface area contributed by atoms with Gasteiger partial charge in [-0.05, 0) is 6.92 Å². The molecule has 11 heavy (non-hydrogen) atoms. The number of thiocarbonyl (C=S) groups is 1. The molecule has 0 spiro atoms. The Bertz CT molecular complexity index is 109. The van der Waals surface area contributed by atoms with Crippen molar-refractivity contribution in [1.29, 1.82) is 0 Å². The van der Waals surface area contributed by atoms with Crippen LogP contribution >= 0.6 is 12.2 Å². The Morgan fingerprint density at radius 2 is 1.91 bits per heavy atom. The van der Waals surface area contributed by atoms with Crippen LogP contribution < -0.4 is 5.73 Å². The first-order valence-corrected chi connectivity index (χ1v) is 4.12. The molecule has 0 rings (SSSR count). The Morgan fingerprint density at radius 1 is 1.27 bits per heavy atom. The van der Waals surface area contributed by atoms with Crippen LogP contribution in [0.3, 0.4) is 0 Å². The predicted molar refractivity (Wildman–Crippen MR) is 48.7 cm³/mol. The van der Waals surface area contributed by atoms with Crippen LogP contribution in [-0.4, -0.2) is 31.4 Å². The summed E-state index contributed by atoms with van der Waals surface area (Å²) >= 11 is 4.66. The minimum absolute atomic E-state index is 0.501. The summed E-state index contributed by atoms with van der Waals surface area (Å²) in [5, 5.41) is 0. The van der Waals surface area contributed by atoms with Gasteiger partial charge in [-0.2, -0.15) is 0 Å². The Kier molecular flexibility index (Phi) is 7.78. The van der Waals surface area contributed by atoms with E-state index in [1.807, 2.05) is 6.92 Å². The van der Waals surface area contributed by atoms with Gasteiger partial charge in [0.25, 0.3) is 0 Å². The maximum atomic E-state index is 5.25. The molecule has 2 N–H and O–H groups in total. The molecule has 66 valence electrons. The molecule has 0 radical (unpaired) electrons. The molecule has 0 aliphatic rings. The molecular weight excluding hydrogens is 162 g/mol. The second-order valence-electron chi connectivity index (χ2n) is 2.03. The molecule has 0 amide bonds. The van der Waals surface area contributed by atoms with Gasteiger partial charge in [-0.15, -0.1) is 0 Å². The van der Waals surface area contributed by atoms with Crippen molar-refractivity contribution in [1.82, 2.24) is 0 Å². The third-order valence-corrected chi connectivity index (χ3v) is 1.27. The molecule has 4 heteroatoms. The van der Waals surface area contributed by atoms with Gasteiger partial charge in [-0.25, -0.2) is 0 Å². The fraction of sp³-hybridized carbons (Fsp3) is 0.857. The Hall–Kier alpha value is -0.190.